The van der Waals surface area contributed by atoms with Gasteiger partial charge in [-0.05, 0) is 36.2 Å². The molecular formula is C23H22ClN5O. The average Bonchev–Trinajstić information content (AvgIpc) is 3.22. The number of halogens is 1. The molecule has 2 heterocycles. The van der Waals surface area contributed by atoms with Gasteiger partial charge in [-0.3, -0.25) is 14.5 Å². The fourth-order valence-corrected chi connectivity index (χ4v) is 3.39. The van der Waals surface area contributed by atoms with E-state index in [1.54, 1.807) is 23.3 Å². The van der Waals surface area contributed by atoms with Crippen molar-refractivity contribution < 1.29 is 4.79 Å². The van der Waals surface area contributed by atoms with Crippen LogP contribution >= 0.6 is 11.6 Å². The van der Waals surface area contributed by atoms with Gasteiger partial charge in [-0.25, -0.2) is 0 Å². The van der Waals surface area contributed by atoms with Gasteiger partial charge in [0.1, 0.15) is 0 Å². The molecule has 0 saturated heterocycles. The molecule has 0 atom stereocenters. The van der Waals surface area contributed by atoms with Gasteiger partial charge in [-0.1, -0.05) is 41.9 Å². The van der Waals surface area contributed by atoms with E-state index in [1.807, 2.05) is 54.6 Å². The largest absolute Gasteiger partial charge is 0.384 e. The van der Waals surface area contributed by atoms with E-state index < -0.39 is 0 Å². The quantitative estimate of drug-likeness (QED) is 0.416. The lowest BCUT2D eigenvalue weighted by molar-refractivity contribution is 0.0953. The number of pyridine rings is 1. The van der Waals surface area contributed by atoms with Crippen LogP contribution in [0.1, 0.15) is 22.3 Å². The predicted molar refractivity (Wildman–Crippen MR) is 120 cm³/mol. The van der Waals surface area contributed by atoms with E-state index in [1.165, 1.54) is 0 Å². The van der Waals surface area contributed by atoms with Crippen molar-refractivity contribution in [2.45, 2.75) is 13.0 Å². The van der Waals surface area contributed by atoms with E-state index in [9.17, 15) is 4.79 Å². The van der Waals surface area contributed by atoms with Crippen molar-refractivity contribution in [2.24, 2.45) is 0 Å². The summed E-state index contributed by atoms with van der Waals surface area (Å²) in [6.07, 6.45) is 5.93. The smallest absolute Gasteiger partial charge is 0.254 e. The number of carbonyl (C=O) groups excluding carboxylic acids is 1. The third-order valence-corrected chi connectivity index (χ3v) is 4.98. The number of hydrogen-bond acceptors (Lipinski definition) is 4. The molecule has 30 heavy (non-hydrogen) atoms. The Kier molecular flexibility index (Phi) is 6.25. The van der Waals surface area contributed by atoms with Crippen molar-refractivity contribution in [3.05, 3.63) is 89.3 Å². The fraction of sp³-hybridized carbons (Fsp3) is 0.174. The lowest BCUT2D eigenvalue weighted by atomic mass is 10.2. The summed E-state index contributed by atoms with van der Waals surface area (Å²) in [4.78, 5) is 16.7. The monoisotopic (exact) mass is 419 g/mol. The van der Waals surface area contributed by atoms with Gasteiger partial charge in [0, 0.05) is 41.6 Å². The Bertz CT molecular complexity index is 1140. The lowest BCUT2D eigenvalue weighted by Gasteiger charge is -2.10. The van der Waals surface area contributed by atoms with E-state index in [0.29, 0.717) is 23.7 Å². The van der Waals surface area contributed by atoms with Gasteiger partial charge in [0.05, 0.1) is 23.8 Å². The summed E-state index contributed by atoms with van der Waals surface area (Å²) < 4.78 is 1.77. The molecule has 0 unspecified atom stereocenters. The maximum Gasteiger partial charge on any atom is 0.254 e. The summed E-state index contributed by atoms with van der Waals surface area (Å²) >= 11 is 6.03. The molecule has 6 nitrogen and oxygen atoms in total. The molecule has 0 bridgehead atoms. The number of fused-ring (bicyclic) bond motifs is 1. The molecule has 0 aliphatic rings. The minimum Gasteiger partial charge on any atom is -0.384 e. The highest BCUT2D eigenvalue weighted by atomic mass is 35.5. The van der Waals surface area contributed by atoms with Gasteiger partial charge in [0.15, 0.2) is 0 Å². The van der Waals surface area contributed by atoms with Crippen LogP contribution in [0.4, 0.5) is 5.69 Å². The summed E-state index contributed by atoms with van der Waals surface area (Å²) in [5.74, 6) is -0.113. The van der Waals surface area contributed by atoms with Crippen molar-refractivity contribution >= 4 is 34.1 Å². The first-order valence-corrected chi connectivity index (χ1v) is 10.2. The molecule has 0 saturated carbocycles. The van der Waals surface area contributed by atoms with Crippen LogP contribution < -0.4 is 10.6 Å². The number of hydrogen-bond donors (Lipinski definition) is 2. The summed E-state index contributed by atoms with van der Waals surface area (Å²) in [5, 5.41) is 12.3. The average molecular weight is 420 g/mol. The highest BCUT2D eigenvalue weighted by molar-refractivity contribution is 6.31. The number of nitrogens with zero attached hydrogens (tertiary/aromatic N) is 3. The molecule has 0 spiro atoms. The Morgan fingerprint density at radius 2 is 1.93 bits per heavy atom. The second-order valence-corrected chi connectivity index (χ2v) is 7.40. The number of aromatic nitrogens is 3. The van der Waals surface area contributed by atoms with Gasteiger partial charge in [-0.15, -0.1) is 0 Å². The number of nitrogens with one attached hydrogen (secondary N) is 2. The molecule has 1 amide bonds. The van der Waals surface area contributed by atoms with Gasteiger partial charge in [-0.2, -0.15) is 5.10 Å². The van der Waals surface area contributed by atoms with Gasteiger partial charge in [0.2, 0.25) is 0 Å². The maximum absolute atomic E-state index is 12.3. The Balaban J connectivity index is 1.24. The SMILES string of the molecule is O=C(NCCCNc1ccnc2cc(Cl)ccc12)c1cnn(Cc2ccccc2)c1. The number of amides is 1. The zero-order valence-electron chi connectivity index (χ0n) is 16.4. The second-order valence-electron chi connectivity index (χ2n) is 6.97. The topological polar surface area (TPSA) is 71.8 Å². The normalized spacial score (nSPS) is 10.8. The van der Waals surface area contributed by atoms with E-state index in [2.05, 4.69) is 20.7 Å². The Hall–Kier alpha value is -3.38. The van der Waals surface area contributed by atoms with E-state index in [4.69, 9.17) is 11.6 Å². The minimum atomic E-state index is -0.113. The van der Waals surface area contributed by atoms with Crippen LogP contribution in [0.15, 0.2) is 73.2 Å². The number of benzene rings is 2. The van der Waals surface area contributed by atoms with Gasteiger partial charge < -0.3 is 10.6 Å². The molecule has 2 aromatic carbocycles. The van der Waals surface area contributed by atoms with Gasteiger partial charge in [0.25, 0.3) is 5.91 Å². The molecule has 0 aliphatic heterocycles. The molecule has 0 fully saturated rings. The van der Waals surface area contributed by atoms with Crippen LogP contribution in [-0.2, 0) is 6.54 Å². The van der Waals surface area contributed by atoms with Crippen molar-refractivity contribution in [1.82, 2.24) is 20.1 Å². The van der Waals surface area contributed by atoms with Crippen molar-refractivity contribution in [2.75, 3.05) is 18.4 Å². The van der Waals surface area contributed by atoms with Crippen molar-refractivity contribution in [1.29, 1.82) is 0 Å². The lowest BCUT2D eigenvalue weighted by Crippen LogP contribution is -2.25. The highest BCUT2D eigenvalue weighted by Gasteiger charge is 2.08. The third kappa shape index (κ3) is 4.96. The first kappa shape index (κ1) is 19.9. The zero-order valence-corrected chi connectivity index (χ0v) is 17.1. The second kappa shape index (κ2) is 9.41. The molecule has 0 radical (unpaired) electrons. The molecule has 2 N–H and O–H groups in total. The van der Waals surface area contributed by atoms with Gasteiger partial charge >= 0.3 is 0 Å². The van der Waals surface area contributed by atoms with Crippen LogP contribution in [0.5, 0.6) is 0 Å². The summed E-state index contributed by atoms with van der Waals surface area (Å²) in [6.45, 7) is 1.95. The van der Waals surface area contributed by atoms with Crippen LogP contribution in [0.2, 0.25) is 5.02 Å². The van der Waals surface area contributed by atoms with E-state index >= 15 is 0 Å². The molecule has 4 rings (SSSR count). The number of carbonyl (C=O) groups is 1. The Morgan fingerprint density at radius 1 is 1.07 bits per heavy atom. The number of rotatable bonds is 8. The van der Waals surface area contributed by atoms with Crippen LogP contribution in [0.3, 0.4) is 0 Å². The fourth-order valence-electron chi connectivity index (χ4n) is 3.23. The molecule has 0 aliphatic carbocycles. The first-order chi connectivity index (χ1) is 14.7. The summed E-state index contributed by atoms with van der Waals surface area (Å²) in [5.41, 5.74) is 3.57. The van der Waals surface area contributed by atoms with Crippen LogP contribution in [0.25, 0.3) is 10.9 Å². The molecular weight excluding hydrogens is 398 g/mol. The van der Waals surface area contributed by atoms with Crippen LogP contribution in [0, 0.1) is 0 Å². The summed E-state index contributed by atoms with van der Waals surface area (Å²) in [7, 11) is 0. The third-order valence-electron chi connectivity index (χ3n) is 4.74. The van der Waals surface area contributed by atoms with Crippen molar-refractivity contribution in [3.8, 4) is 0 Å². The van der Waals surface area contributed by atoms with E-state index in [-0.39, 0.29) is 5.91 Å². The Labute approximate surface area is 179 Å². The molecule has 2 aromatic heterocycles. The highest BCUT2D eigenvalue weighted by Crippen LogP contribution is 2.24. The number of anilines is 1. The molecule has 152 valence electrons. The first-order valence-electron chi connectivity index (χ1n) is 9.82. The minimum absolute atomic E-state index is 0.113. The predicted octanol–water partition coefficient (Wildman–Crippen LogP) is 4.37. The molecule has 4 aromatic rings. The van der Waals surface area contributed by atoms with E-state index in [0.717, 1.165) is 35.1 Å². The van der Waals surface area contributed by atoms with Crippen LogP contribution in [-0.4, -0.2) is 33.8 Å². The maximum atomic E-state index is 12.3. The molecule has 7 heteroatoms. The standard InChI is InChI=1S/C23H22ClN5O/c24-19-7-8-20-21(9-12-26-22(20)13-19)25-10-4-11-27-23(30)18-14-28-29(16-18)15-17-5-2-1-3-6-17/h1-3,5-9,12-14,16H,4,10-11,15H2,(H,25,26)(H,27,30). The Morgan fingerprint density at radius 3 is 2.80 bits per heavy atom. The summed E-state index contributed by atoms with van der Waals surface area (Å²) in [6, 6.07) is 17.6. The zero-order chi connectivity index (χ0) is 20.8. The van der Waals surface area contributed by atoms with Crippen molar-refractivity contribution in [3.63, 3.8) is 0 Å².